The number of aromatic nitrogens is 2. The molecular weight excluding hydrogens is 408 g/mol. The van der Waals surface area contributed by atoms with Crippen molar-refractivity contribution in [2.75, 3.05) is 18.6 Å². The van der Waals surface area contributed by atoms with Gasteiger partial charge in [-0.2, -0.15) is 40.2 Å². The normalized spacial score (nSPS) is 18.3. The number of hydrazine groups is 1. The van der Waals surface area contributed by atoms with Gasteiger partial charge in [-0.25, -0.2) is 5.01 Å². The van der Waals surface area contributed by atoms with Crippen LogP contribution in [0.3, 0.4) is 0 Å². The van der Waals surface area contributed by atoms with Crippen LogP contribution in [-0.2, 0) is 6.18 Å². The van der Waals surface area contributed by atoms with Crippen LogP contribution in [0.2, 0.25) is 0 Å². The van der Waals surface area contributed by atoms with Crippen molar-refractivity contribution in [1.82, 2.24) is 15.2 Å². The maximum atomic E-state index is 13.7. The predicted octanol–water partition coefficient (Wildman–Crippen LogP) is 3.90. The SMILES string of the molecule is CN1CC(Br)=C(C(F)(F)C(F)(F)F)N1c1[nH]ncc1C(F)(F)F. The van der Waals surface area contributed by atoms with Crippen molar-refractivity contribution in [2.45, 2.75) is 18.3 Å². The maximum Gasteiger partial charge on any atom is 0.459 e. The average molecular weight is 415 g/mol. The molecule has 0 saturated carbocycles. The van der Waals surface area contributed by atoms with Gasteiger partial charge in [-0.3, -0.25) is 10.1 Å². The van der Waals surface area contributed by atoms with Crippen LogP contribution in [0.15, 0.2) is 16.4 Å². The van der Waals surface area contributed by atoms with Gasteiger partial charge in [0.25, 0.3) is 0 Å². The Balaban J connectivity index is 2.60. The van der Waals surface area contributed by atoms with Gasteiger partial charge >= 0.3 is 18.3 Å². The van der Waals surface area contributed by atoms with Crippen LogP contribution in [0, 0.1) is 0 Å². The number of H-pyrrole nitrogens is 1. The quantitative estimate of drug-likeness (QED) is 0.745. The number of alkyl halides is 8. The highest BCUT2D eigenvalue weighted by molar-refractivity contribution is 9.11. The van der Waals surface area contributed by atoms with Crippen LogP contribution >= 0.6 is 15.9 Å². The summed E-state index contributed by atoms with van der Waals surface area (Å²) in [4.78, 5) is 0. The van der Waals surface area contributed by atoms with E-state index in [2.05, 4.69) is 21.0 Å². The first-order chi connectivity index (χ1) is 10.3. The third-order valence-electron chi connectivity index (χ3n) is 2.97. The molecule has 1 aliphatic rings. The topological polar surface area (TPSA) is 35.2 Å². The zero-order valence-corrected chi connectivity index (χ0v) is 12.6. The lowest BCUT2D eigenvalue weighted by molar-refractivity contribution is -0.265. The van der Waals surface area contributed by atoms with E-state index in [0.717, 1.165) is 12.1 Å². The second-order valence-corrected chi connectivity index (χ2v) is 5.54. The van der Waals surface area contributed by atoms with Gasteiger partial charge in [0, 0.05) is 11.5 Å². The Morgan fingerprint density at radius 1 is 1.13 bits per heavy atom. The summed E-state index contributed by atoms with van der Waals surface area (Å²) in [6.45, 7) is -0.475. The van der Waals surface area contributed by atoms with Gasteiger partial charge in [0.1, 0.15) is 11.3 Å². The number of hydrogen-bond acceptors (Lipinski definition) is 3. The number of hydrogen-bond donors (Lipinski definition) is 1. The number of rotatable bonds is 2. The van der Waals surface area contributed by atoms with E-state index >= 15 is 0 Å². The summed E-state index contributed by atoms with van der Waals surface area (Å²) in [7, 11) is 1.06. The van der Waals surface area contributed by atoms with E-state index in [9.17, 15) is 35.1 Å². The second-order valence-electron chi connectivity index (χ2n) is 4.58. The van der Waals surface area contributed by atoms with E-state index in [1.54, 1.807) is 0 Å². The Kier molecular flexibility index (Phi) is 4.16. The minimum atomic E-state index is -5.98. The van der Waals surface area contributed by atoms with Crippen LogP contribution in [0.25, 0.3) is 0 Å². The minimum Gasteiger partial charge on any atom is -0.261 e. The zero-order chi connectivity index (χ0) is 17.8. The molecule has 1 aromatic heterocycles. The van der Waals surface area contributed by atoms with Crippen molar-refractivity contribution in [2.24, 2.45) is 0 Å². The predicted molar refractivity (Wildman–Crippen MR) is 65.7 cm³/mol. The molecule has 0 spiro atoms. The van der Waals surface area contributed by atoms with Crippen LogP contribution in [0.5, 0.6) is 0 Å². The molecular formula is C10H7BrF8N4. The van der Waals surface area contributed by atoms with Gasteiger partial charge in [0.05, 0.1) is 12.7 Å². The third-order valence-corrected chi connectivity index (χ3v) is 3.59. The molecule has 4 nitrogen and oxygen atoms in total. The molecule has 2 rings (SSSR count). The standard InChI is InChI=1S/C10H7BrF8N4/c1-22-3-5(11)6(8(12,13)10(17,18)19)23(22)7-4(2-20-21-7)9(14,15)16/h2H,3H2,1H3,(H,20,21). The second kappa shape index (κ2) is 5.33. The highest BCUT2D eigenvalue weighted by atomic mass is 79.9. The molecule has 0 atom stereocenters. The molecule has 0 amide bonds. The van der Waals surface area contributed by atoms with Gasteiger partial charge in [-0.05, 0) is 0 Å². The molecule has 1 N–H and O–H groups in total. The molecule has 0 saturated heterocycles. The number of allylic oxidation sites excluding steroid dienone is 1. The number of halogens is 9. The smallest absolute Gasteiger partial charge is 0.261 e. The summed E-state index contributed by atoms with van der Waals surface area (Å²) < 4.78 is 103. The summed E-state index contributed by atoms with van der Waals surface area (Å²) in [5.74, 6) is -6.40. The van der Waals surface area contributed by atoms with Gasteiger partial charge in [-0.1, -0.05) is 15.9 Å². The summed E-state index contributed by atoms with van der Waals surface area (Å²) in [5.41, 5.74) is -3.12. The average Bonchev–Trinajstić information content (AvgIpc) is 2.90. The number of likely N-dealkylation sites (N-methyl/N-ethyl adjacent to an activating group) is 1. The Labute approximate surface area is 131 Å². The van der Waals surface area contributed by atoms with Crippen LogP contribution in [-0.4, -0.2) is 40.9 Å². The fourth-order valence-electron chi connectivity index (χ4n) is 2.00. The van der Waals surface area contributed by atoms with Crippen LogP contribution in [0.1, 0.15) is 5.56 Å². The first-order valence-electron chi connectivity index (χ1n) is 5.74. The Bertz CT molecular complexity index is 632. The first-order valence-corrected chi connectivity index (χ1v) is 6.53. The largest absolute Gasteiger partial charge is 0.459 e. The molecule has 0 radical (unpaired) electrons. The lowest BCUT2D eigenvalue weighted by Crippen LogP contribution is -2.47. The van der Waals surface area contributed by atoms with Crippen molar-refractivity contribution >= 4 is 21.7 Å². The third kappa shape index (κ3) is 2.91. The number of aromatic amines is 1. The highest BCUT2D eigenvalue weighted by Crippen LogP contribution is 2.49. The van der Waals surface area contributed by atoms with Gasteiger partial charge in [-0.15, -0.1) is 0 Å². The van der Waals surface area contributed by atoms with Crippen LogP contribution < -0.4 is 5.01 Å². The number of nitrogens with zero attached hydrogens (tertiary/aromatic N) is 3. The molecule has 1 aliphatic heterocycles. The molecule has 0 aliphatic carbocycles. The molecule has 130 valence electrons. The van der Waals surface area contributed by atoms with Crippen molar-refractivity contribution in [3.8, 4) is 0 Å². The van der Waals surface area contributed by atoms with E-state index in [1.165, 1.54) is 0 Å². The highest BCUT2D eigenvalue weighted by Gasteiger charge is 2.64. The van der Waals surface area contributed by atoms with Gasteiger partial charge in [0.15, 0.2) is 5.82 Å². The summed E-state index contributed by atoms with van der Waals surface area (Å²) >= 11 is 2.58. The van der Waals surface area contributed by atoms with E-state index < -0.39 is 46.4 Å². The minimum absolute atomic E-state index is 0.118. The van der Waals surface area contributed by atoms with Crippen molar-refractivity contribution in [3.63, 3.8) is 0 Å². The Morgan fingerprint density at radius 2 is 1.70 bits per heavy atom. The molecule has 0 unspecified atom stereocenters. The van der Waals surface area contributed by atoms with E-state index in [4.69, 9.17) is 0 Å². The maximum absolute atomic E-state index is 13.7. The molecule has 23 heavy (non-hydrogen) atoms. The van der Waals surface area contributed by atoms with Crippen molar-refractivity contribution in [1.29, 1.82) is 0 Å². The Morgan fingerprint density at radius 3 is 2.17 bits per heavy atom. The van der Waals surface area contributed by atoms with E-state index in [1.807, 2.05) is 5.10 Å². The van der Waals surface area contributed by atoms with E-state index in [0.29, 0.717) is 6.20 Å². The van der Waals surface area contributed by atoms with Gasteiger partial charge < -0.3 is 0 Å². The van der Waals surface area contributed by atoms with Crippen molar-refractivity contribution in [3.05, 3.63) is 21.9 Å². The van der Waals surface area contributed by atoms with Gasteiger partial charge in [0.2, 0.25) is 0 Å². The van der Waals surface area contributed by atoms with Crippen LogP contribution in [0.4, 0.5) is 40.9 Å². The molecule has 13 heteroatoms. The summed E-state index contributed by atoms with van der Waals surface area (Å²) in [6.07, 6.45) is -10.7. The monoisotopic (exact) mass is 414 g/mol. The molecule has 0 aromatic carbocycles. The summed E-state index contributed by atoms with van der Waals surface area (Å²) in [5, 5.41) is 5.80. The molecule has 0 fully saturated rings. The van der Waals surface area contributed by atoms with Crippen molar-refractivity contribution < 1.29 is 35.1 Å². The summed E-state index contributed by atoms with van der Waals surface area (Å²) in [6, 6.07) is 0. The number of nitrogens with one attached hydrogen (secondary N) is 1. The lowest BCUT2D eigenvalue weighted by atomic mass is 10.2. The number of anilines is 1. The van der Waals surface area contributed by atoms with E-state index in [-0.39, 0.29) is 5.01 Å². The Hall–Kier alpha value is -1.37. The fourth-order valence-corrected chi connectivity index (χ4v) is 2.78. The zero-order valence-electron chi connectivity index (χ0n) is 11.0. The fraction of sp³-hybridized carbons (Fsp3) is 0.500. The molecule has 2 heterocycles. The molecule has 0 bridgehead atoms. The first kappa shape index (κ1) is 18.0. The molecule has 1 aromatic rings. The lowest BCUT2D eigenvalue weighted by Gasteiger charge is -2.32.